The first-order valence-corrected chi connectivity index (χ1v) is 6.78. The van der Waals surface area contributed by atoms with E-state index in [1.54, 1.807) is 4.90 Å². The number of aliphatic hydroxyl groups is 1. The predicted molar refractivity (Wildman–Crippen MR) is 66.7 cm³/mol. The Labute approximate surface area is 104 Å². The largest absolute Gasteiger partial charge is 0.394 e. The maximum Gasteiger partial charge on any atom is 0.242 e. The van der Waals surface area contributed by atoms with Crippen molar-refractivity contribution < 1.29 is 9.90 Å². The summed E-state index contributed by atoms with van der Waals surface area (Å²) in [5.41, 5.74) is 0. The molecule has 0 aromatic carbocycles. The molecule has 2 atom stereocenters. The molecular weight excluding hydrogens is 216 g/mol. The monoisotopic (exact) mass is 240 g/mol. The first kappa shape index (κ1) is 12.8. The van der Waals surface area contributed by atoms with Crippen LogP contribution in [0.15, 0.2) is 0 Å². The van der Waals surface area contributed by atoms with Crippen molar-refractivity contribution in [1.82, 2.24) is 9.80 Å². The topological polar surface area (TPSA) is 43.8 Å². The maximum absolute atomic E-state index is 12.2. The third-order valence-electron chi connectivity index (χ3n) is 4.33. The number of carbonyl (C=O) groups excluding carboxylic acids is 1. The molecule has 0 aromatic heterocycles. The van der Waals surface area contributed by atoms with Crippen LogP contribution < -0.4 is 0 Å². The Morgan fingerprint density at radius 2 is 1.94 bits per heavy atom. The van der Waals surface area contributed by atoms with Crippen LogP contribution in [0.25, 0.3) is 0 Å². The van der Waals surface area contributed by atoms with Gasteiger partial charge in [-0.3, -0.25) is 9.69 Å². The molecule has 2 rings (SSSR count). The quantitative estimate of drug-likeness (QED) is 0.778. The molecule has 1 aliphatic carbocycles. The molecule has 1 amide bonds. The third-order valence-corrected chi connectivity index (χ3v) is 4.33. The van der Waals surface area contributed by atoms with Gasteiger partial charge in [0.2, 0.25) is 5.91 Å². The van der Waals surface area contributed by atoms with Gasteiger partial charge in [-0.1, -0.05) is 12.8 Å². The number of amides is 1. The van der Waals surface area contributed by atoms with E-state index in [4.69, 9.17) is 0 Å². The van der Waals surface area contributed by atoms with Crippen molar-refractivity contribution in [3.63, 3.8) is 0 Å². The van der Waals surface area contributed by atoms with E-state index in [2.05, 4.69) is 11.8 Å². The highest BCUT2D eigenvalue weighted by Gasteiger charge is 2.38. The van der Waals surface area contributed by atoms with Gasteiger partial charge in [0.05, 0.1) is 6.61 Å². The van der Waals surface area contributed by atoms with Gasteiger partial charge < -0.3 is 10.0 Å². The lowest BCUT2D eigenvalue weighted by Gasteiger charge is -2.37. The van der Waals surface area contributed by atoms with Gasteiger partial charge in [-0.15, -0.1) is 0 Å². The summed E-state index contributed by atoms with van der Waals surface area (Å²) in [6.45, 7) is 2.94. The van der Waals surface area contributed by atoms with Crippen molar-refractivity contribution in [2.45, 2.75) is 57.2 Å². The average Bonchev–Trinajstić information content (AvgIpc) is 2.81. The number of aliphatic hydroxyl groups excluding tert-OH is 1. The standard InChI is InChI=1S/C13H24N2O2/c1-10-7-8-14(2)13(17)12(9-16)15(10)11-5-3-4-6-11/h10-12,16H,3-9H2,1-2H3. The van der Waals surface area contributed by atoms with Gasteiger partial charge in [0.25, 0.3) is 0 Å². The van der Waals surface area contributed by atoms with Crippen LogP contribution in [0.5, 0.6) is 0 Å². The van der Waals surface area contributed by atoms with E-state index in [0.717, 1.165) is 13.0 Å². The molecule has 1 N–H and O–H groups in total. The average molecular weight is 240 g/mol. The molecule has 2 fully saturated rings. The van der Waals surface area contributed by atoms with Gasteiger partial charge in [0.1, 0.15) is 6.04 Å². The van der Waals surface area contributed by atoms with E-state index in [0.29, 0.717) is 12.1 Å². The molecule has 1 heterocycles. The molecule has 2 unspecified atom stereocenters. The highest BCUT2D eigenvalue weighted by atomic mass is 16.3. The molecule has 0 aromatic rings. The molecule has 4 heteroatoms. The van der Waals surface area contributed by atoms with Gasteiger partial charge in [-0.25, -0.2) is 0 Å². The van der Waals surface area contributed by atoms with Gasteiger partial charge in [0.15, 0.2) is 0 Å². The highest BCUT2D eigenvalue weighted by Crippen LogP contribution is 2.29. The summed E-state index contributed by atoms with van der Waals surface area (Å²) < 4.78 is 0. The molecule has 2 aliphatic rings. The molecular formula is C13H24N2O2. The minimum atomic E-state index is -0.319. The molecule has 0 bridgehead atoms. The fourth-order valence-corrected chi connectivity index (χ4v) is 3.32. The second-order valence-electron chi connectivity index (χ2n) is 5.48. The molecule has 17 heavy (non-hydrogen) atoms. The lowest BCUT2D eigenvalue weighted by atomic mass is 10.1. The van der Waals surface area contributed by atoms with E-state index in [9.17, 15) is 9.90 Å². The van der Waals surface area contributed by atoms with E-state index >= 15 is 0 Å². The van der Waals surface area contributed by atoms with Crippen LogP contribution >= 0.6 is 0 Å². The second kappa shape index (κ2) is 5.36. The van der Waals surface area contributed by atoms with E-state index < -0.39 is 0 Å². The van der Waals surface area contributed by atoms with Crippen molar-refractivity contribution in [3.8, 4) is 0 Å². The SMILES string of the molecule is CC1CCN(C)C(=O)C(CO)N1C1CCCC1. The predicted octanol–water partition coefficient (Wildman–Crippen LogP) is 0.843. The number of likely N-dealkylation sites (N-methyl/N-ethyl adjacent to an activating group) is 1. The van der Waals surface area contributed by atoms with Crippen LogP contribution in [-0.2, 0) is 4.79 Å². The zero-order valence-corrected chi connectivity index (χ0v) is 10.9. The number of hydrogen-bond acceptors (Lipinski definition) is 3. The number of nitrogens with zero attached hydrogens (tertiary/aromatic N) is 2. The van der Waals surface area contributed by atoms with Gasteiger partial charge in [-0.05, 0) is 26.2 Å². The van der Waals surface area contributed by atoms with Gasteiger partial charge in [0, 0.05) is 25.7 Å². The summed E-state index contributed by atoms with van der Waals surface area (Å²) in [6.07, 6.45) is 5.89. The van der Waals surface area contributed by atoms with Crippen LogP contribution in [0.1, 0.15) is 39.0 Å². The Bertz CT molecular complexity index is 277. The van der Waals surface area contributed by atoms with E-state index in [1.807, 2.05) is 7.05 Å². The van der Waals surface area contributed by atoms with Crippen molar-refractivity contribution in [2.75, 3.05) is 20.2 Å². The van der Waals surface area contributed by atoms with Crippen LogP contribution in [0.2, 0.25) is 0 Å². The summed E-state index contributed by atoms with van der Waals surface area (Å²) in [5.74, 6) is 0.0868. The van der Waals surface area contributed by atoms with Crippen molar-refractivity contribution >= 4 is 5.91 Å². The lowest BCUT2D eigenvalue weighted by Crippen LogP contribution is -2.53. The first-order chi connectivity index (χ1) is 8.15. The smallest absolute Gasteiger partial charge is 0.242 e. The fraction of sp³-hybridized carbons (Fsp3) is 0.923. The van der Waals surface area contributed by atoms with Crippen molar-refractivity contribution in [2.24, 2.45) is 0 Å². The summed E-state index contributed by atoms with van der Waals surface area (Å²) >= 11 is 0. The van der Waals surface area contributed by atoms with E-state index in [1.165, 1.54) is 25.7 Å². The van der Waals surface area contributed by atoms with E-state index in [-0.39, 0.29) is 18.6 Å². The van der Waals surface area contributed by atoms with Gasteiger partial charge >= 0.3 is 0 Å². The Balaban J connectivity index is 2.20. The number of hydrogen-bond donors (Lipinski definition) is 1. The normalized spacial score (nSPS) is 33.1. The van der Waals surface area contributed by atoms with Crippen LogP contribution in [-0.4, -0.2) is 59.1 Å². The summed E-state index contributed by atoms with van der Waals surface area (Å²) in [5, 5.41) is 9.56. The molecule has 1 saturated heterocycles. The Hall–Kier alpha value is -0.610. The Morgan fingerprint density at radius 3 is 2.53 bits per heavy atom. The molecule has 98 valence electrons. The second-order valence-corrected chi connectivity index (χ2v) is 5.48. The molecule has 0 radical (unpaired) electrons. The summed E-state index contributed by atoms with van der Waals surface area (Å²) in [6, 6.07) is 0.572. The first-order valence-electron chi connectivity index (χ1n) is 6.78. The van der Waals surface area contributed by atoms with Crippen LogP contribution in [0.4, 0.5) is 0 Å². The molecule has 4 nitrogen and oxygen atoms in total. The van der Waals surface area contributed by atoms with Crippen LogP contribution in [0.3, 0.4) is 0 Å². The summed E-state index contributed by atoms with van der Waals surface area (Å²) in [7, 11) is 1.84. The fourth-order valence-electron chi connectivity index (χ4n) is 3.32. The zero-order valence-electron chi connectivity index (χ0n) is 10.9. The Kier molecular flexibility index (Phi) is 4.05. The van der Waals surface area contributed by atoms with Crippen molar-refractivity contribution in [3.05, 3.63) is 0 Å². The molecule has 1 saturated carbocycles. The molecule has 1 aliphatic heterocycles. The summed E-state index contributed by atoms with van der Waals surface area (Å²) in [4.78, 5) is 16.3. The number of carbonyl (C=O) groups is 1. The Morgan fingerprint density at radius 1 is 1.29 bits per heavy atom. The lowest BCUT2D eigenvalue weighted by molar-refractivity contribution is -0.137. The molecule has 0 spiro atoms. The third kappa shape index (κ3) is 2.47. The van der Waals surface area contributed by atoms with Crippen molar-refractivity contribution in [1.29, 1.82) is 0 Å². The minimum Gasteiger partial charge on any atom is -0.394 e. The zero-order chi connectivity index (χ0) is 12.4. The van der Waals surface area contributed by atoms with Crippen LogP contribution in [0, 0.1) is 0 Å². The number of rotatable bonds is 2. The van der Waals surface area contributed by atoms with Gasteiger partial charge in [-0.2, -0.15) is 0 Å². The maximum atomic E-state index is 12.2. The highest BCUT2D eigenvalue weighted by molar-refractivity contribution is 5.82. The minimum absolute atomic E-state index is 0.0516.